The molecule has 5 nitrogen and oxygen atoms in total. The molecule has 2 rings (SSSR count). The van der Waals surface area contributed by atoms with Crippen molar-refractivity contribution in [2.24, 2.45) is 0 Å². The average molecular weight is 328 g/mol. The van der Waals surface area contributed by atoms with Gasteiger partial charge in [0.1, 0.15) is 5.54 Å². The Bertz CT molecular complexity index is 629. The monoisotopic (exact) mass is 328 g/mol. The molecule has 0 spiro atoms. The van der Waals surface area contributed by atoms with Crippen molar-refractivity contribution in [1.29, 1.82) is 5.26 Å². The first-order chi connectivity index (χ1) is 11.3. The van der Waals surface area contributed by atoms with Gasteiger partial charge in [-0.15, -0.1) is 0 Å². The number of nitriles is 1. The number of carbonyl (C=O) groups is 1. The maximum absolute atomic E-state index is 12.6. The Morgan fingerprint density at radius 2 is 1.79 bits per heavy atom. The summed E-state index contributed by atoms with van der Waals surface area (Å²) in [6.45, 7) is 7.70. The minimum atomic E-state index is -0.740. The van der Waals surface area contributed by atoms with Gasteiger partial charge in [0.2, 0.25) is 5.91 Å². The van der Waals surface area contributed by atoms with E-state index in [0.717, 1.165) is 29.8 Å². The second kappa shape index (κ2) is 7.33. The van der Waals surface area contributed by atoms with Crippen molar-refractivity contribution in [1.82, 2.24) is 15.3 Å². The molecule has 1 aliphatic rings. The average Bonchev–Trinajstić information content (AvgIpc) is 2.51. The third kappa shape index (κ3) is 4.14. The molecular formula is C19H28N4O. The summed E-state index contributed by atoms with van der Waals surface area (Å²) in [5, 5.41) is 16.9. The first kappa shape index (κ1) is 18.4. The lowest BCUT2D eigenvalue weighted by atomic mass is 9.88. The van der Waals surface area contributed by atoms with Gasteiger partial charge in [-0.3, -0.25) is 4.79 Å². The lowest BCUT2D eigenvalue weighted by molar-refractivity contribution is -0.122. The molecule has 1 aliphatic heterocycles. The third-order valence-corrected chi connectivity index (χ3v) is 4.93. The van der Waals surface area contributed by atoms with Gasteiger partial charge in [0.25, 0.3) is 0 Å². The van der Waals surface area contributed by atoms with Crippen molar-refractivity contribution in [3.05, 3.63) is 34.4 Å². The van der Waals surface area contributed by atoms with Crippen LogP contribution in [-0.4, -0.2) is 48.6 Å². The smallest absolute Gasteiger partial charge is 0.225 e. The van der Waals surface area contributed by atoms with E-state index in [9.17, 15) is 10.1 Å². The van der Waals surface area contributed by atoms with Crippen LogP contribution < -0.4 is 5.32 Å². The van der Waals surface area contributed by atoms with Crippen molar-refractivity contribution in [3.63, 3.8) is 0 Å². The van der Waals surface area contributed by atoms with E-state index in [0.29, 0.717) is 19.3 Å². The van der Waals surface area contributed by atoms with E-state index < -0.39 is 5.54 Å². The molecule has 0 aliphatic carbocycles. The van der Waals surface area contributed by atoms with Gasteiger partial charge in [-0.1, -0.05) is 17.7 Å². The van der Waals surface area contributed by atoms with E-state index in [1.807, 2.05) is 33.0 Å². The zero-order valence-electron chi connectivity index (χ0n) is 15.4. The number of carbonyl (C=O) groups excluding carboxylic acids is 1. The summed E-state index contributed by atoms with van der Waals surface area (Å²) in [6.07, 6.45) is 1.64. The number of nitrogens with one attached hydrogen (secondary N) is 1. The third-order valence-electron chi connectivity index (χ3n) is 4.93. The predicted octanol–water partition coefficient (Wildman–Crippen LogP) is 2.11. The predicted molar refractivity (Wildman–Crippen MR) is 95.3 cm³/mol. The van der Waals surface area contributed by atoms with Crippen LogP contribution in [0.5, 0.6) is 0 Å². The minimum Gasteiger partial charge on any atom is -0.337 e. The summed E-state index contributed by atoms with van der Waals surface area (Å²) in [6, 6.07) is 6.56. The largest absolute Gasteiger partial charge is 0.337 e. The second-order valence-corrected chi connectivity index (χ2v) is 7.10. The molecule has 130 valence electrons. The molecule has 1 fully saturated rings. The maximum Gasteiger partial charge on any atom is 0.225 e. The molecule has 1 amide bonds. The highest BCUT2D eigenvalue weighted by atomic mass is 16.1. The Balaban J connectivity index is 2.05. The standard InChI is InChI=1S/C19H28N4O/c1-14-10-15(2)17(16(3)11-14)12-18(24)21-19(13-20)6-8-23(9-7-19)22(4)5/h10-11H,6-9,12H2,1-5H3,(H,21,24). The lowest BCUT2D eigenvalue weighted by Gasteiger charge is -2.40. The van der Waals surface area contributed by atoms with Gasteiger partial charge in [-0.25, -0.2) is 10.0 Å². The van der Waals surface area contributed by atoms with Crippen molar-refractivity contribution >= 4 is 5.91 Å². The fourth-order valence-corrected chi connectivity index (χ4v) is 3.50. The number of piperidine rings is 1. The van der Waals surface area contributed by atoms with Gasteiger partial charge in [0.15, 0.2) is 0 Å². The van der Waals surface area contributed by atoms with Crippen LogP contribution in [0.3, 0.4) is 0 Å². The van der Waals surface area contributed by atoms with Crippen LogP contribution in [0.2, 0.25) is 0 Å². The molecule has 1 aromatic carbocycles. The van der Waals surface area contributed by atoms with Crippen molar-refractivity contribution in [2.45, 2.75) is 45.6 Å². The molecule has 0 unspecified atom stereocenters. The molecule has 0 saturated carbocycles. The molecule has 1 aromatic rings. The zero-order chi connectivity index (χ0) is 17.9. The number of hydrogen-bond acceptors (Lipinski definition) is 4. The molecule has 1 N–H and O–H groups in total. The lowest BCUT2D eigenvalue weighted by Crippen LogP contribution is -2.56. The molecule has 0 aromatic heterocycles. The van der Waals surface area contributed by atoms with E-state index >= 15 is 0 Å². The summed E-state index contributed by atoms with van der Waals surface area (Å²) in [5.74, 6) is -0.0649. The van der Waals surface area contributed by atoms with Crippen LogP contribution in [0.15, 0.2) is 12.1 Å². The van der Waals surface area contributed by atoms with E-state index in [4.69, 9.17) is 0 Å². The highest BCUT2D eigenvalue weighted by Crippen LogP contribution is 2.23. The fraction of sp³-hybridized carbons (Fsp3) is 0.579. The number of hydrazine groups is 1. The van der Waals surface area contributed by atoms with Crippen LogP contribution in [0.4, 0.5) is 0 Å². The minimum absolute atomic E-state index is 0.0649. The molecule has 0 radical (unpaired) electrons. The van der Waals surface area contributed by atoms with Crippen molar-refractivity contribution in [3.8, 4) is 6.07 Å². The van der Waals surface area contributed by atoms with E-state index in [2.05, 4.69) is 35.5 Å². The van der Waals surface area contributed by atoms with E-state index in [1.165, 1.54) is 5.56 Å². The van der Waals surface area contributed by atoms with Crippen molar-refractivity contribution in [2.75, 3.05) is 27.2 Å². The molecule has 24 heavy (non-hydrogen) atoms. The molecule has 5 heteroatoms. The second-order valence-electron chi connectivity index (χ2n) is 7.10. The fourth-order valence-electron chi connectivity index (χ4n) is 3.50. The van der Waals surface area contributed by atoms with Gasteiger partial charge in [0.05, 0.1) is 12.5 Å². The summed E-state index contributed by atoms with van der Waals surface area (Å²) in [4.78, 5) is 12.6. The summed E-state index contributed by atoms with van der Waals surface area (Å²) in [7, 11) is 4.00. The van der Waals surface area contributed by atoms with Crippen LogP contribution in [0.1, 0.15) is 35.1 Å². The number of benzene rings is 1. The van der Waals surface area contributed by atoms with Crippen LogP contribution in [0.25, 0.3) is 0 Å². The Hall–Kier alpha value is -1.90. The number of nitrogens with zero attached hydrogens (tertiary/aromatic N) is 3. The molecule has 0 atom stereocenters. The number of rotatable bonds is 4. The summed E-state index contributed by atoms with van der Waals surface area (Å²) in [5.41, 5.74) is 3.80. The summed E-state index contributed by atoms with van der Waals surface area (Å²) >= 11 is 0. The van der Waals surface area contributed by atoms with Gasteiger partial charge in [-0.2, -0.15) is 5.26 Å². The van der Waals surface area contributed by atoms with E-state index in [-0.39, 0.29) is 5.91 Å². The normalized spacial score (nSPS) is 17.5. The number of amides is 1. The van der Waals surface area contributed by atoms with Crippen LogP contribution in [-0.2, 0) is 11.2 Å². The zero-order valence-corrected chi connectivity index (χ0v) is 15.4. The topological polar surface area (TPSA) is 59.4 Å². The highest BCUT2D eigenvalue weighted by Gasteiger charge is 2.36. The SMILES string of the molecule is Cc1cc(C)c(CC(=O)NC2(C#N)CCN(N(C)C)CC2)c(C)c1. The van der Waals surface area contributed by atoms with Gasteiger partial charge < -0.3 is 5.32 Å². The number of aryl methyl sites for hydroxylation is 3. The maximum atomic E-state index is 12.6. The molecular weight excluding hydrogens is 300 g/mol. The Labute approximate surface area is 145 Å². The van der Waals surface area contributed by atoms with Gasteiger partial charge >= 0.3 is 0 Å². The van der Waals surface area contributed by atoms with Crippen LogP contribution >= 0.6 is 0 Å². The quantitative estimate of drug-likeness (QED) is 0.919. The molecule has 0 bridgehead atoms. The highest BCUT2D eigenvalue weighted by molar-refractivity contribution is 5.80. The Morgan fingerprint density at radius 1 is 1.25 bits per heavy atom. The van der Waals surface area contributed by atoms with E-state index in [1.54, 1.807) is 0 Å². The molecule has 1 heterocycles. The van der Waals surface area contributed by atoms with Crippen LogP contribution in [0, 0.1) is 32.1 Å². The first-order valence-electron chi connectivity index (χ1n) is 8.47. The first-order valence-corrected chi connectivity index (χ1v) is 8.47. The number of hydrogen-bond donors (Lipinski definition) is 1. The molecule has 1 saturated heterocycles. The van der Waals surface area contributed by atoms with Gasteiger partial charge in [-0.05, 0) is 50.3 Å². The van der Waals surface area contributed by atoms with Crippen molar-refractivity contribution < 1.29 is 4.79 Å². The Morgan fingerprint density at radius 3 is 2.25 bits per heavy atom. The Kier molecular flexibility index (Phi) is 5.63. The van der Waals surface area contributed by atoms with Gasteiger partial charge in [0, 0.05) is 27.2 Å². The summed E-state index contributed by atoms with van der Waals surface area (Å²) < 4.78 is 0.